The highest BCUT2D eigenvalue weighted by Gasteiger charge is 2.20. The van der Waals surface area contributed by atoms with Crippen LogP contribution in [0.1, 0.15) is 28.7 Å². The van der Waals surface area contributed by atoms with Crippen LogP contribution in [0.3, 0.4) is 0 Å². The fourth-order valence-corrected chi connectivity index (χ4v) is 2.00. The van der Waals surface area contributed by atoms with Gasteiger partial charge in [-0.1, -0.05) is 12.1 Å². The van der Waals surface area contributed by atoms with E-state index in [-0.39, 0.29) is 23.5 Å². The highest BCUT2D eigenvalue weighted by atomic mass is 19.1. The van der Waals surface area contributed by atoms with Crippen molar-refractivity contribution in [3.63, 3.8) is 0 Å². The molecule has 0 atom stereocenters. The second kappa shape index (κ2) is 5.65. The summed E-state index contributed by atoms with van der Waals surface area (Å²) in [4.78, 5) is 21.3. The highest BCUT2D eigenvalue weighted by molar-refractivity contribution is 5.86. The number of nitro benzene ring substituents is 1. The van der Waals surface area contributed by atoms with E-state index in [4.69, 9.17) is 5.11 Å². The standard InChI is InChI=1S/C12H11FN4O4/c1-2-9-11(12(18)19)14-15-16(9)6-7-5-8(13)3-4-10(7)17(20)21/h3-5H,2,6H2,1H3,(H,18,19). The van der Waals surface area contributed by atoms with E-state index in [0.717, 1.165) is 18.2 Å². The van der Waals surface area contributed by atoms with E-state index in [1.165, 1.54) is 4.68 Å². The third kappa shape index (κ3) is 2.86. The van der Waals surface area contributed by atoms with Crippen molar-refractivity contribution in [2.45, 2.75) is 19.9 Å². The summed E-state index contributed by atoms with van der Waals surface area (Å²) in [5.74, 6) is -1.85. The molecule has 1 aromatic heterocycles. The van der Waals surface area contributed by atoms with Gasteiger partial charge in [0.25, 0.3) is 5.69 Å². The Labute approximate surface area is 118 Å². The second-order valence-corrected chi connectivity index (χ2v) is 4.23. The molecule has 0 amide bonds. The van der Waals surface area contributed by atoms with Crippen molar-refractivity contribution in [3.05, 3.63) is 51.1 Å². The summed E-state index contributed by atoms with van der Waals surface area (Å²) in [6.07, 6.45) is 0.331. The number of aromatic carboxylic acids is 1. The van der Waals surface area contributed by atoms with Crippen LogP contribution in [0.5, 0.6) is 0 Å². The Kier molecular flexibility index (Phi) is 3.92. The maximum Gasteiger partial charge on any atom is 0.358 e. The Hall–Kier alpha value is -2.84. The minimum atomic E-state index is -1.23. The fourth-order valence-electron chi connectivity index (χ4n) is 2.00. The molecule has 1 heterocycles. The first-order valence-corrected chi connectivity index (χ1v) is 6.02. The molecule has 21 heavy (non-hydrogen) atoms. The van der Waals surface area contributed by atoms with Crippen molar-refractivity contribution >= 4 is 11.7 Å². The molecule has 2 aromatic rings. The Balaban J connectivity index is 2.45. The number of hydrogen-bond acceptors (Lipinski definition) is 5. The Bertz CT molecular complexity index is 713. The molecular formula is C12H11FN4O4. The summed E-state index contributed by atoms with van der Waals surface area (Å²) < 4.78 is 14.5. The number of nitro groups is 1. The quantitative estimate of drug-likeness (QED) is 0.662. The summed E-state index contributed by atoms with van der Waals surface area (Å²) in [5.41, 5.74) is -0.0556. The van der Waals surface area contributed by atoms with E-state index in [0.29, 0.717) is 12.1 Å². The van der Waals surface area contributed by atoms with Crippen molar-refractivity contribution in [2.75, 3.05) is 0 Å². The number of rotatable bonds is 5. The molecule has 0 aliphatic carbocycles. The van der Waals surface area contributed by atoms with Gasteiger partial charge in [-0.05, 0) is 18.6 Å². The molecular weight excluding hydrogens is 283 g/mol. The molecule has 0 aliphatic heterocycles. The topological polar surface area (TPSA) is 111 Å². The molecule has 0 fully saturated rings. The predicted octanol–water partition coefficient (Wildman–Crippen LogP) is 1.63. The monoisotopic (exact) mass is 294 g/mol. The number of halogens is 1. The van der Waals surface area contributed by atoms with Crippen LogP contribution in [0.15, 0.2) is 18.2 Å². The van der Waals surface area contributed by atoms with E-state index in [1.807, 2.05) is 0 Å². The van der Waals surface area contributed by atoms with Crippen LogP contribution in [0, 0.1) is 15.9 Å². The average Bonchev–Trinajstić information content (AvgIpc) is 2.81. The zero-order valence-corrected chi connectivity index (χ0v) is 11.0. The third-order valence-electron chi connectivity index (χ3n) is 2.93. The van der Waals surface area contributed by atoms with Gasteiger partial charge in [-0.25, -0.2) is 13.9 Å². The molecule has 1 N–H and O–H groups in total. The smallest absolute Gasteiger partial charge is 0.358 e. The lowest BCUT2D eigenvalue weighted by Crippen LogP contribution is -2.10. The molecule has 8 nitrogen and oxygen atoms in total. The largest absolute Gasteiger partial charge is 0.476 e. The second-order valence-electron chi connectivity index (χ2n) is 4.23. The zero-order chi connectivity index (χ0) is 15.6. The van der Waals surface area contributed by atoms with Crippen molar-refractivity contribution in [2.24, 2.45) is 0 Å². The lowest BCUT2D eigenvalue weighted by Gasteiger charge is -2.06. The van der Waals surface area contributed by atoms with Crippen molar-refractivity contribution < 1.29 is 19.2 Å². The number of aromatic nitrogens is 3. The molecule has 1 aromatic carbocycles. The summed E-state index contributed by atoms with van der Waals surface area (Å²) >= 11 is 0. The molecule has 0 bridgehead atoms. The molecule has 0 saturated carbocycles. The van der Waals surface area contributed by atoms with E-state index in [2.05, 4.69) is 10.3 Å². The zero-order valence-electron chi connectivity index (χ0n) is 11.0. The maximum atomic E-state index is 13.3. The van der Waals surface area contributed by atoms with Crippen LogP contribution in [0.25, 0.3) is 0 Å². The Morgan fingerprint density at radius 2 is 2.24 bits per heavy atom. The van der Waals surface area contributed by atoms with Crippen LogP contribution in [-0.2, 0) is 13.0 Å². The van der Waals surface area contributed by atoms with Gasteiger partial charge in [0.05, 0.1) is 22.7 Å². The van der Waals surface area contributed by atoms with Gasteiger partial charge in [0, 0.05) is 6.07 Å². The van der Waals surface area contributed by atoms with Crippen molar-refractivity contribution in [1.29, 1.82) is 0 Å². The van der Waals surface area contributed by atoms with Gasteiger partial charge in [-0.15, -0.1) is 5.10 Å². The number of benzene rings is 1. The van der Waals surface area contributed by atoms with Crippen LogP contribution >= 0.6 is 0 Å². The molecule has 2 rings (SSSR count). The minimum Gasteiger partial charge on any atom is -0.476 e. The lowest BCUT2D eigenvalue weighted by molar-refractivity contribution is -0.385. The Morgan fingerprint density at radius 1 is 1.52 bits per heavy atom. The highest BCUT2D eigenvalue weighted by Crippen LogP contribution is 2.21. The van der Waals surface area contributed by atoms with E-state index in [9.17, 15) is 19.3 Å². The van der Waals surface area contributed by atoms with Gasteiger partial charge in [-0.3, -0.25) is 10.1 Å². The molecule has 0 spiro atoms. The summed E-state index contributed by atoms with van der Waals surface area (Å²) in [7, 11) is 0. The predicted molar refractivity (Wildman–Crippen MR) is 68.5 cm³/mol. The van der Waals surface area contributed by atoms with Crippen LogP contribution in [-0.4, -0.2) is 31.0 Å². The number of carboxylic acid groups (broad SMARTS) is 1. The molecule has 0 aliphatic rings. The van der Waals surface area contributed by atoms with Gasteiger partial charge in [0.15, 0.2) is 5.69 Å². The Morgan fingerprint density at radius 3 is 2.81 bits per heavy atom. The summed E-state index contributed by atoms with van der Waals surface area (Å²) in [5, 5.41) is 27.1. The first-order valence-electron chi connectivity index (χ1n) is 6.02. The number of carboxylic acids is 1. The van der Waals surface area contributed by atoms with Gasteiger partial charge in [0.2, 0.25) is 0 Å². The molecule has 0 saturated heterocycles. The molecule has 0 radical (unpaired) electrons. The first kappa shape index (κ1) is 14.6. The average molecular weight is 294 g/mol. The van der Waals surface area contributed by atoms with Crippen LogP contribution < -0.4 is 0 Å². The van der Waals surface area contributed by atoms with Crippen LogP contribution in [0.4, 0.5) is 10.1 Å². The third-order valence-corrected chi connectivity index (χ3v) is 2.93. The van der Waals surface area contributed by atoms with Crippen molar-refractivity contribution in [3.8, 4) is 0 Å². The normalized spacial score (nSPS) is 10.6. The van der Waals surface area contributed by atoms with Gasteiger partial charge in [-0.2, -0.15) is 0 Å². The first-order chi connectivity index (χ1) is 9.93. The van der Waals surface area contributed by atoms with Crippen molar-refractivity contribution in [1.82, 2.24) is 15.0 Å². The molecule has 9 heteroatoms. The van der Waals surface area contributed by atoms with Gasteiger partial charge in [0.1, 0.15) is 5.82 Å². The molecule has 110 valence electrons. The van der Waals surface area contributed by atoms with Gasteiger partial charge >= 0.3 is 5.97 Å². The summed E-state index contributed by atoms with van der Waals surface area (Å²) in [6, 6.07) is 3.08. The lowest BCUT2D eigenvalue weighted by atomic mass is 10.1. The van der Waals surface area contributed by atoms with E-state index in [1.54, 1.807) is 6.92 Å². The van der Waals surface area contributed by atoms with Crippen LogP contribution in [0.2, 0.25) is 0 Å². The van der Waals surface area contributed by atoms with E-state index < -0.39 is 16.7 Å². The summed E-state index contributed by atoms with van der Waals surface area (Å²) in [6.45, 7) is 1.58. The number of hydrogen-bond donors (Lipinski definition) is 1. The SMILES string of the molecule is CCc1c(C(=O)O)nnn1Cc1cc(F)ccc1[N+](=O)[O-]. The number of carbonyl (C=O) groups is 1. The minimum absolute atomic E-state index is 0.0940. The fraction of sp³-hybridized carbons (Fsp3) is 0.250. The number of nitrogens with zero attached hydrogens (tertiary/aromatic N) is 4. The van der Waals surface area contributed by atoms with Gasteiger partial charge < -0.3 is 5.11 Å². The maximum absolute atomic E-state index is 13.3. The molecule has 0 unspecified atom stereocenters. The van der Waals surface area contributed by atoms with E-state index >= 15 is 0 Å².